The fraction of sp³-hybridized carbons (Fsp3) is 0.571. The molecule has 0 saturated heterocycles. The zero-order valence-corrected chi connectivity index (χ0v) is 21.2. The van der Waals surface area contributed by atoms with E-state index in [-0.39, 0.29) is 17.3 Å². The zero-order valence-electron chi connectivity index (χ0n) is 20.2. The lowest BCUT2D eigenvalue weighted by Crippen LogP contribution is -2.39. The minimum Gasteiger partial charge on any atom is -0.435 e. The minimum absolute atomic E-state index is 0.0357. The number of imidazole rings is 1. The number of hydrogen-bond acceptors (Lipinski definition) is 8. The molecule has 0 saturated carbocycles. The zero-order chi connectivity index (χ0) is 26.4. The van der Waals surface area contributed by atoms with Crippen LogP contribution in [-0.2, 0) is 13.1 Å². The maximum atomic E-state index is 12.4. The van der Waals surface area contributed by atoms with Crippen molar-refractivity contribution < 1.29 is 28.2 Å². The predicted molar refractivity (Wildman–Crippen MR) is 127 cm³/mol. The second-order valence-corrected chi connectivity index (χ2v) is 13.9. The van der Waals surface area contributed by atoms with Gasteiger partial charge in [0.15, 0.2) is 14.5 Å². The number of alkyl halides is 2. The van der Waals surface area contributed by atoms with Gasteiger partial charge in [-0.25, -0.2) is 4.57 Å². The molecular weight excluding hydrogens is 484 g/mol. The van der Waals surface area contributed by atoms with Crippen molar-refractivity contribution in [2.75, 3.05) is 13.1 Å². The van der Waals surface area contributed by atoms with E-state index in [1.807, 2.05) is 31.8 Å². The first kappa shape index (κ1) is 28.3. The summed E-state index contributed by atoms with van der Waals surface area (Å²) in [6, 6.07) is 6.19. The third-order valence-corrected chi connectivity index (χ3v) is 9.80. The van der Waals surface area contributed by atoms with E-state index in [9.17, 15) is 33.8 Å². The highest BCUT2D eigenvalue weighted by Crippen LogP contribution is 2.39. The molecule has 0 amide bonds. The average Bonchev–Trinajstić information content (AvgIpc) is 3.17. The summed E-state index contributed by atoms with van der Waals surface area (Å²) in [4.78, 5) is 36.8. The van der Waals surface area contributed by atoms with E-state index >= 15 is 0 Å². The molecule has 1 aromatic heterocycles. The first-order chi connectivity index (χ1) is 16.2. The second-order valence-electron chi connectivity index (χ2n) is 9.45. The van der Waals surface area contributed by atoms with Gasteiger partial charge in [-0.15, -0.1) is 0 Å². The molecule has 0 atom stereocenters. The highest BCUT2D eigenvalue weighted by molar-refractivity contribution is 6.72. The second kappa shape index (κ2) is 11.6. The molecule has 0 aliphatic heterocycles. The normalized spacial score (nSPS) is 12.4. The van der Waals surface area contributed by atoms with E-state index in [1.165, 1.54) is 12.1 Å². The lowest BCUT2D eigenvalue weighted by Gasteiger charge is -2.35. The Bertz CT molecular complexity index is 1010. The van der Waals surface area contributed by atoms with E-state index in [2.05, 4.69) is 9.72 Å². The first-order valence-corrected chi connectivity index (χ1v) is 14.0. The third-order valence-electron chi connectivity index (χ3n) is 6.24. The van der Waals surface area contributed by atoms with Crippen molar-refractivity contribution in [3.8, 4) is 5.75 Å². The van der Waals surface area contributed by atoms with Crippen LogP contribution in [0, 0.1) is 20.2 Å². The molecule has 2 aromatic rings. The molecule has 0 radical (unpaired) electrons. The fourth-order valence-electron chi connectivity index (χ4n) is 3.39. The SMILES string of the molecule is CC(C)(CCCN(CCn1cc([N+](=O)[O-])nc1[N+](=O)[O-])Cc1ccc(OC(F)F)cc1)[Si](C)(C)O. The van der Waals surface area contributed by atoms with E-state index in [4.69, 9.17) is 0 Å². The molecule has 14 heteroatoms. The average molecular weight is 516 g/mol. The Morgan fingerprint density at radius 3 is 2.31 bits per heavy atom. The molecule has 11 nitrogen and oxygen atoms in total. The monoisotopic (exact) mass is 515 g/mol. The van der Waals surface area contributed by atoms with Crippen LogP contribution in [0.15, 0.2) is 30.5 Å². The fourth-order valence-corrected chi connectivity index (χ4v) is 4.18. The highest BCUT2D eigenvalue weighted by Gasteiger charge is 2.37. The molecule has 1 aromatic carbocycles. The molecule has 0 bridgehead atoms. The molecule has 2 rings (SSSR count). The minimum atomic E-state index is -2.92. The predicted octanol–water partition coefficient (Wildman–Crippen LogP) is 4.56. The summed E-state index contributed by atoms with van der Waals surface area (Å²) in [5.41, 5.74) is 0.814. The van der Waals surface area contributed by atoms with Gasteiger partial charge in [-0.3, -0.25) is 4.90 Å². The molecule has 0 fully saturated rings. The Labute approximate surface area is 202 Å². The number of nitro groups is 2. The number of rotatable bonds is 14. The third kappa shape index (κ3) is 8.33. The van der Waals surface area contributed by atoms with Crippen molar-refractivity contribution >= 4 is 20.1 Å². The number of nitrogens with zero attached hydrogens (tertiary/aromatic N) is 5. The molecule has 1 heterocycles. The lowest BCUT2D eigenvalue weighted by molar-refractivity contribution is -0.403. The van der Waals surface area contributed by atoms with Crippen molar-refractivity contribution in [3.05, 3.63) is 56.3 Å². The molecule has 35 heavy (non-hydrogen) atoms. The van der Waals surface area contributed by atoms with Gasteiger partial charge >= 0.3 is 18.4 Å². The van der Waals surface area contributed by atoms with Gasteiger partial charge in [0.05, 0.1) is 6.54 Å². The lowest BCUT2D eigenvalue weighted by atomic mass is 10.1. The summed E-state index contributed by atoms with van der Waals surface area (Å²) in [7, 11) is -2.39. The molecule has 0 spiro atoms. The number of ether oxygens (including phenoxy) is 1. The molecule has 1 N–H and O–H groups in total. The highest BCUT2D eigenvalue weighted by atomic mass is 28.4. The van der Waals surface area contributed by atoms with Crippen LogP contribution in [-0.4, -0.2) is 57.1 Å². The Balaban J connectivity index is 2.15. The van der Waals surface area contributed by atoms with Gasteiger partial charge in [0.2, 0.25) is 0 Å². The maximum Gasteiger partial charge on any atom is 0.439 e. The van der Waals surface area contributed by atoms with Crippen molar-refractivity contribution in [1.82, 2.24) is 14.5 Å². The van der Waals surface area contributed by atoms with Crippen LogP contribution in [0.4, 0.5) is 20.5 Å². The topological polar surface area (TPSA) is 137 Å². The van der Waals surface area contributed by atoms with Gasteiger partial charge in [0.25, 0.3) is 0 Å². The number of benzene rings is 1. The summed E-state index contributed by atoms with van der Waals surface area (Å²) >= 11 is 0. The molecule has 194 valence electrons. The molecule has 0 unspecified atom stereocenters. The van der Waals surface area contributed by atoms with E-state index < -0.39 is 36.5 Å². The Morgan fingerprint density at radius 1 is 1.17 bits per heavy atom. The Hall–Kier alpha value is -2.97. The van der Waals surface area contributed by atoms with Crippen LogP contribution in [0.5, 0.6) is 5.75 Å². The van der Waals surface area contributed by atoms with Gasteiger partial charge in [0.1, 0.15) is 5.75 Å². The van der Waals surface area contributed by atoms with Gasteiger partial charge in [0, 0.05) is 13.1 Å². The largest absolute Gasteiger partial charge is 0.439 e. The van der Waals surface area contributed by atoms with Crippen LogP contribution in [0.1, 0.15) is 32.3 Å². The first-order valence-electron chi connectivity index (χ1n) is 11.0. The van der Waals surface area contributed by atoms with Gasteiger partial charge in [-0.1, -0.05) is 26.0 Å². The smallest absolute Gasteiger partial charge is 0.435 e. The van der Waals surface area contributed by atoms with Crippen molar-refractivity contribution in [2.45, 2.75) is 64.5 Å². The summed E-state index contributed by atoms with van der Waals surface area (Å²) in [5.74, 6) is -1.18. The van der Waals surface area contributed by atoms with Crippen molar-refractivity contribution in [1.29, 1.82) is 0 Å². The van der Waals surface area contributed by atoms with Crippen LogP contribution in [0.3, 0.4) is 0 Å². The summed E-state index contributed by atoms with van der Waals surface area (Å²) in [6.45, 7) is 6.33. The van der Waals surface area contributed by atoms with E-state index in [0.717, 1.165) is 29.2 Å². The van der Waals surface area contributed by atoms with Gasteiger partial charge in [-0.05, 0) is 70.0 Å². The maximum absolute atomic E-state index is 12.4. The molecule has 0 aliphatic rings. The molecular formula is C21H31F2N5O6Si. The number of halogens is 2. The Kier molecular flexibility index (Phi) is 9.40. The Morgan fingerprint density at radius 2 is 1.80 bits per heavy atom. The van der Waals surface area contributed by atoms with Crippen LogP contribution in [0.2, 0.25) is 18.1 Å². The quantitative estimate of drug-likeness (QED) is 0.220. The molecule has 0 aliphatic carbocycles. The number of hydrogen-bond donors (Lipinski definition) is 1. The standard InChI is InChI=1S/C21H31F2N5O6Si/c1-21(2,35(3,4)33)10-5-11-25(14-16-6-8-17(9-7-16)34-19(22)23)12-13-26-15-18(27(29)30)24-20(26)28(31)32/h6-9,15,19,33H,5,10-14H2,1-4H3. The van der Waals surface area contributed by atoms with Gasteiger partial charge in [-0.2, -0.15) is 8.78 Å². The summed E-state index contributed by atoms with van der Waals surface area (Å²) < 4.78 is 30.3. The summed E-state index contributed by atoms with van der Waals surface area (Å²) in [6.07, 6.45) is 2.54. The van der Waals surface area contributed by atoms with E-state index in [1.54, 1.807) is 12.1 Å². The van der Waals surface area contributed by atoms with Crippen LogP contribution < -0.4 is 4.74 Å². The van der Waals surface area contributed by atoms with Crippen molar-refractivity contribution in [2.24, 2.45) is 0 Å². The van der Waals surface area contributed by atoms with Gasteiger partial charge < -0.3 is 29.8 Å². The van der Waals surface area contributed by atoms with E-state index in [0.29, 0.717) is 19.6 Å². The van der Waals surface area contributed by atoms with Crippen LogP contribution in [0.25, 0.3) is 0 Å². The summed E-state index contributed by atoms with van der Waals surface area (Å²) in [5, 5.41) is 22.1. The van der Waals surface area contributed by atoms with Crippen LogP contribution >= 0.6 is 0 Å². The number of aromatic nitrogens is 2. The van der Waals surface area contributed by atoms with Crippen molar-refractivity contribution in [3.63, 3.8) is 0 Å².